The first-order chi connectivity index (χ1) is 7.58. The molecule has 84 valence electrons. The van der Waals surface area contributed by atoms with Gasteiger partial charge in [0.15, 0.2) is 11.6 Å². The zero-order chi connectivity index (χ0) is 12.1. The quantitative estimate of drug-likeness (QED) is 0.842. The van der Waals surface area contributed by atoms with Crippen LogP contribution in [0, 0.1) is 17.1 Å². The van der Waals surface area contributed by atoms with E-state index in [9.17, 15) is 9.18 Å². The summed E-state index contributed by atoms with van der Waals surface area (Å²) < 4.78 is 18.0. The van der Waals surface area contributed by atoms with Gasteiger partial charge in [0.25, 0.3) is 5.91 Å². The fraction of sp³-hybridized carbons (Fsp3) is 0.273. The first kappa shape index (κ1) is 12.0. The molecule has 0 radical (unpaired) electrons. The summed E-state index contributed by atoms with van der Waals surface area (Å²) in [5, 5.41) is 10.9. The molecule has 1 aromatic carbocycles. The lowest BCUT2D eigenvalue weighted by Gasteiger charge is -2.07. The van der Waals surface area contributed by atoms with Gasteiger partial charge in [-0.1, -0.05) is 0 Å². The van der Waals surface area contributed by atoms with E-state index in [0.29, 0.717) is 0 Å². The van der Waals surface area contributed by atoms with E-state index in [-0.39, 0.29) is 11.3 Å². The molecule has 1 unspecified atom stereocenters. The van der Waals surface area contributed by atoms with Crippen molar-refractivity contribution in [3.05, 3.63) is 29.6 Å². The third kappa shape index (κ3) is 2.70. The normalized spacial score (nSPS) is 11.4. The molecule has 0 aliphatic heterocycles. The lowest BCUT2D eigenvalue weighted by Crippen LogP contribution is -2.31. The van der Waals surface area contributed by atoms with Gasteiger partial charge in [-0.15, -0.1) is 0 Å². The van der Waals surface area contributed by atoms with Crippen LogP contribution >= 0.6 is 0 Å². The fourth-order valence-corrected chi connectivity index (χ4v) is 1.12. The molecule has 16 heavy (non-hydrogen) atoms. The minimum absolute atomic E-state index is 0.0740. The highest BCUT2D eigenvalue weighted by Gasteiger charge is 2.11. The first-order valence-corrected chi connectivity index (χ1v) is 4.62. The standard InChI is InChI=1S/C11H11FN2O2/c1-7(6-13)14-11(15)8-3-4-10(16-2)9(12)5-8/h3-5,7H,1-2H3,(H,14,15). The van der Waals surface area contributed by atoms with Gasteiger partial charge in [0.2, 0.25) is 0 Å². The number of hydrogen-bond acceptors (Lipinski definition) is 3. The third-order valence-electron chi connectivity index (χ3n) is 1.96. The molecular formula is C11H11FN2O2. The summed E-state index contributed by atoms with van der Waals surface area (Å²) in [6.45, 7) is 1.54. The number of nitrogens with one attached hydrogen (secondary N) is 1. The maximum absolute atomic E-state index is 13.3. The van der Waals surface area contributed by atoms with E-state index in [1.54, 1.807) is 0 Å². The molecule has 5 heteroatoms. The molecule has 0 aromatic heterocycles. The molecule has 1 atom stereocenters. The largest absolute Gasteiger partial charge is 0.494 e. The second kappa shape index (κ2) is 5.12. The number of nitrogens with zero attached hydrogens (tertiary/aromatic N) is 1. The molecule has 0 fully saturated rings. The van der Waals surface area contributed by atoms with Crippen molar-refractivity contribution in [1.29, 1.82) is 5.26 Å². The van der Waals surface area contributed by atoms with Gasteiger partial charge in [-0.05, 0) is 25.1 Å². The van der Waals surface area contributed by atoms with Crippen LogP contribution in [0.2, 0.25) is 0 Å². The average Bonchev–Trinajstić information content (AvgIpc) is 2.28. The van der Waals surface area contributed by atoms with Crippen molar-refractivity contribution in [2.45, 2.75) is 13.0 Å². The van der Waals surface area contributed by atoms with Crippen molar-refractivity contribution in [3.8, 4) is 11.8 Å². The summed E-state index contributed by atoms with van der Waals surface area (Å²) in [4.78, 5) is 11.5. The van der Waals surface area contributed by atoms with E-state index >= 15 is 0 Å². The van der Waals surface area contributed by atoms with Gasteiger partial charge in [-0.3, -0.25) is 4.79 Å². The molecular weight excluding hydrogens is 211 g/mol. The molecule has 0 spiro atoms. The van der Waals surface area contributed by atoms with Crippen LogP contribution in [0.15, 0.2) is 18.2 Å². The Bertz CT molecular complexity index is 440. The summed E-state index contributed by atoms with van der Waals surface area (Å²) >= 11 is 0. The predicted molar refractivity (Wildman–Crippen MR) is 55.5 cm³/mol. The smallest absolute Gasteiger partial charge is 0.252 e. The molecule has 0 aliphatic carbocycles. The van der Waals surface area contributed by atoms with Crippen LogP contribution in [-0.4, -0.2) is 19.1 Å². The van der Waals surface area contributed by atoms with Gasteiger partial charge in [-0.25, -0.2) is 4.39 Å². The summed E-state index contributed by atoms with van der Waals surface area (Å²) in [7, 11) is 1.34. The topological polar surface area (TPSA) is 62.1 Å². The highest BCUT2D eigenvalue weighted by atomic mass is 19.1. The Morgan fingerprint density at radius 3 is 2.81 bits per heavy atom. The van der Waals surface area contributed by atoms with E-state index in [1.807, 2.05) is 6.07 Å². The van der Waals surface area contributed by atoms with Crippen LogP contribution in [-0.2, 0) is 0 Å². The van der Waals surface area contributed by atoms with E-state index in [1.165, 1.54) is 26.2 Å². The number of amides is 1. The van der Waals surface area contributed by atoms with E-state index in [0.717, 1.165) is 6.07 Å². The first-order valence-electron chi connectivity index (χ1n) is 4.62. The van der Waals surface area contributed by atoms with Gasteiger partial charge in [0.1, 0.15) is 6.04 Å². The number of nitriles is 1. The molecule has 1 aromatic rings. The minimum atomic E-state index is -0.613. The zero-order valence-corrected chi connectivity index (χ0v) is 8.95. The monoisotopic (exact) mass is 222 g/mol. The van der Waals surface area contributed by atoms with Crippen molar-refractivity contribution in [3.63, 3.8) is 0 Å². The number of rotatable bonds is 3. The fourth-order valence-electron chi connectivity index (χ4n) is 1.12. The van der Waals surface area contributed by atoms with Crippen molar-refractivity contribution in [1.82, 2.24) is 5.32 Å². The van der Waals surface area contributed by atoms with Crippen LogP contribution < -0.4 is 10.1 Å². The average molecular weight is 222 g/mol. The molecule has 4 nitrogen and oxygen atoms in total. The SMILES string of the molecule is COc1ccc(C(=O)NC(C)C#N)cc1F. The van der Waals surface area contributed by atoms with Crippen molar-refractivity contribution in [2.75, 3.05) is 7.11 Å². The maximum atomic E-state index is 13.3. The van der Waals surface area contributed by atoms with Crippen LogP contribution in [0.4, 0.5) is 4.39 Å². The number of ether oxygens (including phenoxy) is 1. The van der Waals surface area contributed by atoms with Gasteiger partial charge >= 0.3 is 0 Å². The van der Waals surface area contributed by atoms with E-state index in [4.69, 9.17) is 10.00 Å². The maximum Gasteiger partial charge on any atom is 0.252 e. The van der Waals surface area contributed by atoms with Crippen LogP contribution in [0.25, 0.3) is 0 Å². The molecule has 0 bridgehead atoms. The van der Waals surface area contributed by atoms with Crippen molar-refractivity contribution in [2.24, 2.45) is 0 Å². The Labute approximate surface area is 92.6 Å². The van der Waals surface area contributed by atoms with E-state index < -0.39 is 17.8 Å². The van der Waals surface area contributed by atoms with Gasteiger partial charge in [0.05, 0.1) is 13.2 Å². The summed E-state index contributed by atoms with van der Waals surface area (Å²) in [5.74, 6) is -1.03. The Kier molecular flexibility index (Phi) is 3.84. The van der Waals surface area contributed by atoms with Crippen LogP contribution in [0.1, 0.15) is 17.3 Å². The Hall–Kier alpha value is -2.09. The van der Waals surface area contributed by atoms with Crippen LogP contribution in [0.3, 0.4) is 0 Å². The third-order valence-corrected chi connectivity index (χ3v) is 1.96. The molecule has 0 saturated carbocycles. The number of halogens is 1. The molecule has 1 N–H and O–H groups in total. The second-order valence-electron chi connectivity index (χ2n) is 3.17. The van der Waals surface area contributed by atoms with Crippen LogP contribution in [0.5, 0.6) is 5.75 Å². The van der Waals surface area contributed by atoms with Gasteiger partial charge < -0.3 is 10.1 Å². The molecule has 0 aliphatic rings. The minimum Gasteiger partial charge on any atom is -0.494 e. The highest BCUT2D eigenvalue weighted by Crippen LogP contribution is 2.17. The number of benzene rings is 1. The second-order valence-corrected chi connectivity index (χ2v) is 3.17. The van der Waals surface area contributed by atoms with Gasteiger partial charge in [0, 0.05) is 5.56 Å². The Morgan fingerprint density at radius 2 is 2.31 bits per heavy atom. The van der Waals surface area contributed by atoms with E-state index in [2.05, 4.69) is 5.32 Å². The molecule has 0 saturated heterocycles. The predicted octanol–water partition coefficient (Wildman–Crippen LogP) is 1.48. The Morgan fingerprint density at radius 1 is 1.62 bits per heavy atom. The molecule has 1 amide bonds. The van der Waals surface area contributed by atoms with Crippen molar-refractivity contribution < 1.29 is 13.9 Å². The zero-order valence-electron chi connectivity index (χ0n) is 8.95. The molecule has 0 heterocycles. The Balaban J connectivity index is 2.86. The highest BCUT2D eigenvalue weighted by molar-refractivity contribution is 5.94. The summed E-state index contributed by atoms with van der Waals surface area (Å²) in [6, 6.07) is 5.10. The molecule has 1 rings (SSSR count). The lowest BCUT2D eigenvalue weighted by molar-refractivity contribution is 0.0947. The number of hydrogen-bond donors (Lipinski definition) is 1. The summed E-state index contributed by atoms with van der Waals surface area (Å²) in [5.41, 5.74) is 0.153. The number of methoxy groups -OCH3 is 1. The lowest BCUT2D eigenvalue weighted by atomic mass is 10.2. The number of carbonyl (C=O) groups excluding carboxylic acids is 1. The summed E-state index contributed by atoms with van der Waals surface area (Å²) in [6.07, 6.45) is 0. The van der Waals surface area contributed by atoms with Gasteiger partial charge in [-0.2, -0.15) is 5.26 Å². The van der Waals surface area contributed by atoms with Crippen molar-refractivity contribution >= 4 is 5.91 Å². The number of carbonyl (C=O) groups is 1.